The number of thiol groups is 1. The SMILES string of the molecule is C/C(=C\c1ccc2cc3c(C)c(/C=C(\C)CCc4ccc(S)cc4)ccc3cc2c1C)CCc1ccccc1. The van der Waals surface area contributed by atoms with Crippen molar-refractivity contribution >= 4 is 46.3 Å². The maximum Gasteiger partial charge on any atom is 0.00401 e. The second-order valence-corrected chi connectivity index (χ2v) is 11.5. The molecule has 0 atom stereocenters. The molecule has 5 rings (SSSR count). The van der Waals surface area contributed by atoms with E-state index in [1.165, 1.54) is 66.1 Å². The van der Waals surface area contributed by atoms with Crippen LogP contribution in [0.25, 0.3) is 33.7 Å². The highest BCUT2D eigenvalue weighted by Gasteiger charge is 2.08. The van der Waals surface area contributed by atoms with E-state index >= 15 is 0 Å². The van der Waals surface area contributed by atoms with E-state index in [0.29, 0.717) is 0 Å². The van der Waals surface area contributed by atoms with Crippen molar-refractivity contribution in [3.63, 3.8) is 0 Å². The summed E-state index contributed by atoms with van der Waals surface area (Å²) in [5, 5.41) is 5.31. The molecule has 0 saturated heterocycles. The summed E-state index contributed by atoms with van der Waals surface area (Å²) in [4.78, 5) is 1.02. The monoisotopic (exact) mass is 526 g/mol. The average molecular weight is 527 g/mol. The highest BCUT2D eigenvalue weighted by molar-refractivity contribution is 7.80. The molecule has 0 nitrogen and oxygen atoms in total. The summed E-state index contributed by atoms with van der Waals surface area (Å²) in [7, 11) is 0. The Kier molecular flexibility index (Phi) is 8.38. The predicted molar refractivity (Wildman–Crippen MR) is 175 cm³/mol. The normalized spacial score (nSPS) is 12.4. The summed E-state index contributed by atoms with van der Waals surface area (Å²) in [5.41, 5.74) is 10.9. The van der Waals surface area contributed by atoms with Crippen molar-refractivity contribution in [2.75, 3.05) is 0 Å². The molecule has 0 saturated carbocycles. The van der Waals surface area contributed by atoms with E-state index in [-0.39, 0.29) is 0 Å². The van der Waals surface area contributed by atoms with Gasteiger partial charge >= 0.3 is 0 Å². The van der Waals surface area contributed by atoms with Crippen LogP contribution in [0.4, 0.5) is 0 Å². The summed E-state index contributed by atoms with van der Waals surface area (Å²) in [6.45, 7) is 9.03. The number of hydrogen-bond acceptors (Lipinski definition) is 1. The fourth-order valence-corrected chi connectivity index (χ4v) is 5.61. The first kappa shape index (κ1) is 27.0. The number of fused-ring (bicyclic) bond motifs is 2. The van der Waals surface area contributed by atoms with E-state index in [9.17, 15) is 0 Å². The number of aryl methyl sites for hydroxylation is 4. The summed E-state index contributed by atoms with van der Waals surface area (Å²) < 4.78 is 0. The lowest BCUT2D eigenvalue weighted by molar-refractivity contribution is 0.946. The highest BCUT2D eigenvalue weighted by atomic mass is 32.1. The standard InChI is InChI=1S/C38H38S/c1-26(10-12-30-8-6-5-7-9-30)22-32-16-18-34-25-38-29(4)33(17-19-35(38)24-37(34)28(32)3)23-27(2)11-13-31-14-20-36(39)21-15-31/h5-9,14-25,39H,10-13H2,1-4H3/b26-22+,27-23+. The van der Waals surface area contributed by atoms with Gasteiger partial charge in [0.25, 0.3) is 0 Å². The second-order valence-electron chi connectivity index (χ2n) is 11.0. The minimum absolute atomic E-state index is 1.02. The fourth-order valence-electron chi connectivity index (χ4n) is 5.46. The van der Waals surface area contributed by atoms with Gasteiger partial charge in [-0.2, -0.15) is 0 Å². The largest absolute Gasteiger partial charge is 0.143 e. The number of allylic oxidation sites excluding steroid dienone is 2. The Morgan fingerprint density at radius 1 is 0.590 bits per heavy atom. The molecule has 0 amide bonds. The Morgan fingerprint density at radius 3 is 1.54 bits per heavy atom. The molecule has 0 N–H and O–H groups in total. The molecule has 0 spiro atoms. The first-order chi connectivity index (χ1) is 18.9. The Balaban J connectivity index is 1.38. The van der Waals surface area contributed by atoms with Crippen LogP contribution in [-0.4, -0.2) is 0 Å². The van der Waals surface area contributed by atoms with E-state index in [4.69, 9.17) is 0 Å². The van der Waals surface area contributed by atoms with Crippen LogP contribution in [-0.2, 0) is 12.8 Å². The van der Waals surface area contributed by atoms with Gasteiger partial charge in [-0.15, -0.1) is 12.6 Å². The molecule has 0 fully saturated rings. The molecule has 39 heavy (non-hydrogen) atoms. The van der Waals surface area contributed by atoms with Crippen molar-refractivity contribution in [3.05, 3.63) is 136 Å². The zero-order valence-electron chi connectivity index (χ0n) is 23.6. The predicted octanol–water partition coefficient (Wildman–Crippen LogP) is 11.0. The van der Waals surface area contributed by atoms with Gasteiger partial charge in [-0.3, -0.25) is 0 Å². The Bertz CT molecular complexity index is 1670. The number of rotatable bonds is 8. The average Bonchev–Trinajstić information content (AvgIpc) is 2.95. The molecule has 5 aromatic carbocycles. The maximum absolute atomic E-state index is 4.40. The molecule has 196 valence electrons. The van der Waals surface area contributed by atoms with Gasteiger partial charge < -0.3 is 0 Å². The Hall–Kier alpha value is -3.55. The third-order valence-corrected chi connectivity index (χ3v) is 8.28. The van der Waals surface area contributed by atoms with Crippen molar-refractivity contribution in [2.24, 2.45) is 0 Å². The molecular weight excluding hydrogens is 488 g/mol. The third kappa shape index (κ3) is 6.54. The van der Waals surface area contributed by atoms with Crippen LogP contribution in [0.15, 0.2) is 107 Å². The molecule has 0 unspecified atom stereocenters. The van der Waals surface area contributed by atoms with Crippen LogP contribution < -0.4 is 0 Å². The summed E-state index contributed by atoms with van der Waals surface area (Å²) in [6, 6.07) is 33.2. The maximum atomic E-state index is 4.40. The minimum atomic E-state index is 1.02. The second kappa shape index (κ2) is 12.1. The molecule has 0 radical (unpaired) electrons. The highest BCUT2D eigenvalue weighted by Crippen LogP contribution is 2.32. The first-order valence-electron chi connectivity index (χ1n) is 14.0. The van der Waals surface area contributed by atoms with Gasteiger partial charge in [0, 0.05) is 4.90 Å². The van der Waals surface area contributed by atoms with E-state index in [1.807, 2.05) is 0 Å². The topological polar surface area (TPSA) is 0 Å². The molecule has 0 aliphatic rings. The molecule has 0 bridgehead atoms. The minimum Gasteiger partial charge on any atom is -0.143 e. The van der Waals surface area contributed by atoms with Gasteiger partial charge in [0.2, 0.25) is 0 Å². The van der Waals surface area contributed by atoms with Crippen LogP contribution in [0.5, 0.6) is 0 Å². The van der Waals surface area contributed by atoms with Crippen molar-refractivity contribution in [1.82, 2.24) is 0 Å². The molecule has 0 aliphatic carbocycles. The lowest BCUT2D eigenvalue weighted by Crippen LogP contribution is -1.91. The van der Waals surface area contributed by atoms with Gasteiger partial charge in [-0.1, -0.05) is 90.0 Å². The van der Waals surface area contributed by atoms with E-state index in [1.54, 1.807) is 0 Å². The Labute approximate surface area is 239 Å². The first-order valence-corrected chi connectivity index (χ1v) is 14.4. The summed E-state index contributed by atoms with van der Waals surface area (Å²) in [6.07, 6.45) is 9.01. The van der Waals surface area contributed by atoms with Crippen LogP contribution in [0.2, 0.25) is 0 Å². The molecular formula is C38H38S. The van der Waals surface area contributed by atoms with Gasteiger partial charge in [0.05, 0.1) is 0 Å². The van der Waals surface area contributed by atoms with Gasteiger partial charge in [-0.25, -0.2) is 0 Å². The zero-order valence-corrected chi connectivity index (χ0v) is 24.5. The lowest BCUT2D eigenvalue weighted by Gasteiger charge is -2.13. The molecule has 0 aromatic heterocycles. The fraction of sp³-hybridized carbons (Fsp3) is 0.211. The van der Waals surface area contributed by atoms with Crippen LogP contribution in [0.3, 0.4) is 0 Å². The smallest absolute Gasteiger partial charge is 0.00401 e. The van der Waals surface area contributed by atoms with Crippen molar-refractivity contribution in [2.45, 2.75) is 58.3 Å². The van der Waals surface area contributed by atoms with E-state index in [0.717, 1.165) is 30.6 Å². The molecule has 0 heterocycles. The van der Waals surface area contributed by atoms with E-state index in [2.05, 4.69) is 143 Å². The summed E-state index contributed by atoms with van der Waals surface area (Å²) >= 11 is 4.40. The van der Waals surface area contributed by atoms with Crippen LogP contribution in [0, 0.1) is 13.8 Å². The van der Waals surface area contributed by atoms with Crippen LogP contribution >= 0.6 is 12.6 Å². The quantitative estimate of drug-likeness (QED) is 0.151. The van der Waals surface area contributed by atoms with Crippen molar-refractivity contribution in [1.29, 1.82) is 0 Å². The van der Waals surface area contributed by atoms with Gasteiger partial charge in [-0.05, 0) is 133 Å². The Morgan fingerprint density at radius 2 is 1.05 bits per heavy atom. The zero-order chi connectivity index (χ0) is 27.4. The van der Waals surface area contributed by atoms with Crippen molar-refractivity contribution < 1.29 is 0 Å². The number of benzene rings is 5. The van der Waals surface area contributed by atoms with Crippen molar-refractivity contribution in [3.8, 4) is 0 Å². The van der Waals surface area contributed by atoms with Gasteiger partial charge in [0.15, 0.2) is 0 Å². The van der Waals surface area contributed by atoms with E-state index < -0.39 is 0 Å². The lowest BCUT2D eigenvalue weighted by atomic mass is 9.92. The van der Waals surface area contributed by atoms with Gasteiger partial charge in [0.1, 0.15) is 0 Å². The molecule has 0 aliphatic heterocycles. The van der Waals surface area contributed by atoms with Crippen LogP contribution in [0.1, 0.15) is 60.1 Å². The molecule has 1 heteroatoms. The third-order valence-electron chi connectivity index (χ3n) is 7.98. The number of hydrogen-bond donors (Lipinski definition) is 1. The summed E-state index contributed by atoms with van der Waals surface area (Å²) in [5.74, 6) is 0. The molecule has 5 aromatic rings.